The minimum Gasteiger partial charge on any atom is -0.455 e. The number of fused-ring (bicyclic) bond motifs is 1. The molecule has 2 aromatic heterocycles. The normalized spacial score (nSPS) is 19.4. The van der Waals surface area contributed by atoms with E-state index < -0.39 is 31.4 Å². The third-order valence-electron chi connectivity index (χ3n) is 13.0. The summed E-state index contributed by atoms with van der Waals surface area (Å²) in [6.45, 7) is 9.90. The largest absolute Gasteiger partial charge is 0.455 e. The summed E-state index contributed by atoms with van der Waals surface area (Å²) in [4.78, 5) is 37.3. The molecule has 1 saturated heterocycles. The number of amides is 1. The summed E-state index contributed by atoms with van der Waals surface area (Å²) < 4.78 is 41.3. The number of methoxy groups -OCH3 is 1. The van der Waals surface area contributed by atoms with Crippen molar-refractivity contribution < 1.29 is 27.6 Å². The lowest BCUT2D eigenvalue weighted by molar-refractivity contribution is -0.384. The number of halogens is 1. The van der Waals surface area contributed by atoms with E-state index in [1.165, 1.54) is 35.0 Å². The molecule has 14 nitrogen and oxygen atoms in total. The Balaban J connectivity index is 0.983. The van der Waals surface area contributed by atoms with Gasteiger partial charge in [0, 0.05) is 87.4 Å². The zero-order valence-electron chi connectivity index (χ0n) is 36.6. The van der Waals surface area contributed by atoms with Crippen molar-refractivity contribution in [2.24, 2.45) is 17.3 Å². The topological polar surface area (TPSA) is 172 Å². The minimum absolute atomic E-state index is 0.0324. The summed E-state index contributed by atoms with van der Waals surface area (Å²) in [7, 11) is -2.86. The number of pyridine rings is 1. The molecular weight excluding hydrogens is 854 g/mol. The first kappa shape index (κ1) is 45.1. The van der Waals surface area contributed by atoms with Gasteiger partial charge in [0.25, 0.3) is 21.6 Å². The number of nitrogens with zero attached hydrogens (tertiary/aromatic N) is 4. The number of H-pyrrole nitrogens is 1. The molecule has 0 bridgehead atoms. The van der Waals surface area contributed by atoms with Crippen LogP contribution in [0.15, 0.2) is 95.7 Å². The van der Waals surface area contributed by atoms with E-state index in [0.29, 0.717) is 29.8 Å². The number of sulfonamides is 1. The molecule has 3 aromatic carbocycles. The molecule has 8 rings (SSSR count). The summed E-state index contributed by atoms with van der Waals surface area (Å²) in [5.74, 6) is 0.385. The molecule has 1 saturated carbocycles. The Hall–Kier alpha value is -5.48. The summed E-state index contributed by atoms with van der Waals surface area (Å²) in [5, 5.41) is 16.9. The van der Waals surface area contributed by atoms with Crippen LogP contribution in [-0.2, 0) is 14.8 Å². The number of hydrogen-bond acceptors (Lipinski definition) is 11. The number of hydrogen-bond donors (Lipinski definition) is 3. The standard InChI is InChI=1S/C48H56ClN7O7S/c1-48(2)18-16-36(42(27-48)34-8-10-37(49)11-9-34)30-54-20-22-55(23-21-54)38-12-14-41(45(25-38)63-39-24-35-17-19-50-46(35)52-29-39)47(57)53-64(60,61)40-13-15-43(44(26-40)56(58)59)51-28-32-4-6-33(7-5-32)31-62-3/h8-15,17,19,24-26,29,32-33,51H,4-7,16,18,20-23,27-28,30-31H2,1-3H3,(H,50,52)(H,53,57)/t32-,33+. The maximum Gasteiger partial charge on any atom is 0.293 e. The Morgan fingerprint density at radius 3 is 2.47 bits per heavy atom. The quantitative estimate of drug-likeness (QED) is 0.0675. The SMILES string of the molecule is COC[C@H]1CC[C@@H](CNc2ccc(S(=O)(=O)NC(=O)c3ccc(N4CCN(CC5=C(c6ccc(Cl)cc6)CC(C)(C)CC5)CC4)cc3Oc3cnc4[nH]ccc4c3)cc2[N+](=O)[O-])CC1. The van der Waals surface area contributed by atoms with Gasteiger partial charge in [-0.1, -0.05) is 43.2 Å². The number of rotatable bonds is 15. The number of anilines is 2. The van der Waals surface area contributed by atoms with Crippen LogP contribution in [0.25, 0.3) is 16.6 Å². The summed E-state index contributed by atoms with van der Waals surface area (Å²) in [6, 6.07) is 20.5. The Kier molecular flexibility index (Phi) is 13.6. The predicted octanol–water partition coefficient (Wildman–Crippen LogP) is 9.69. The van der Waals surface area contributed by atoms with Crippen molar-refractivity contribution in [3.8, 4) is 11.5 Å². The first-order valence-electron chi connectivity index (χ1n) is 22.0. The van der Waals surface area contributed by atoms with Crippen LogP contribution in [0, 0.1) is 27.4 Å². The van der Waals surface area contributed by atoms with Gasteiger partial charge in [-0.2, -0.15) is 0 Å². The molecule has 5 aromatic rings. The molecule has 1 aliphatic heterocycles. The molecule has 3 heterocycles. The van der Waals surface area contributed by atoms with Gasteiger partial charge in [-0.3, -0.25) is 19.8 Å². The van der Waals surface area contributed by atoms with Gasteiger partial charge in [0.15, 0.2) is 0 Å². The number of carbonyl (C=O) groups excluding carboxylic acids is 1. The summed E-state index contributed by atoms with van der Waals surface area (Å²) in [5.41, 5.74) is 5.60. The predicted molar refractivity (Wildman–Crippen MR) is 251 cm³/mol. The highest BCUT2D eigenvalue weighted by Crippen LogP contribution is 2.43. The highest BCUT2D eigenvalue weighted by molar-refractivity contribution is 7.90. The van der Waals surface area contributed by atoms with E-state index in [0.717, 1.165) is 106 Å². The number of nitro groups is 1. The highest BCUT2D eigenvalue weighted by atomic mass is 35.5. The fourth-order valence-corrected chi connectivity index (χ4v) is 10.4. The summed E-state index contributed by atoms with van der Waals surface area (Å²) in [6.07, 6.45) is 10.5. The number of carbonyl (C=O) groups is 1. The Morgan fingerprint density at radius 2 is 1.73 bits per heavy atom. The van der Waals surface area contributed by atoms with Gasteiger partial charge in [-0.25, -0.2) is 18.1 Å². The maximum atomic E-state index is 14.0. The van der Waals surface area contributed by atoms with E-state index in [4.69, 9.17) is 21.1 Å². The number of benzene rings is 3. The van der Waals surface area contributed by atoms with Gasteiger partial charge in [0.2, 0.25) is 0 Å². The zero-order valence-corrected chi connectivity index (χ0v) is 38.1. The van der Waals surface area contributed by atoms with Gasteiger partial charge in [0.05, 0.1) is 21.6 Å². The van der Waals surface area contributed by atoms with Crippen LogP contribution >= 0.6 is 11.6 Å². The average Bonchev–Trinajstić information content (AvgIpc) is 3.75. The van der Waals surface area contributed by atoms with Crippen molar-refractivity contribution in [2.75, 3.05) is 63.2 Å². The fourth-order valence-electron chi connectivity index (χ4n) is 9.29. The number of ether oxygens (including phenoxy) is 2. The lowest BCUT2D eigenvalue weighted by Gasteiger charge is -2.39. The van der Waals surface area contributed by atoms with Crippen molar-refractivity contribution in [3.63, 3.8) is 0 Å². The van der Waals surface area contributed by atoms with Crippen LogP contribution in [0.1, 0.15) is 74.7 Å². The van der Waals surface area contributed by atoms with E-state index in [-0.39, 0.29) is 22.4 Å². The van der Waals surface area contributed by atoms with Gasteiger partial charge in [-0.05, 0) is 122 Å². The van der Waals surface area contributed by atoms with E-state index >= 15 is 0 Å². The number of nitrogens with one attached hydrogen (secondary N) is 3. The molecule has 338 valence electrons. The van der Waals surface area contributed by atoms with Crippen LogP contribution in [0.4, 0.5) is 17.1 Å². The van der Waals surface area contributed by atoms with E-state index in [2.05, 4.69) is 55.8 Å². The molecule has 3 aliphatic rings. The second-order valence-electron chi connectivity index (χ2n) is 18.2. The summed E-state index contributed by atoms with van der Waals surface area (Å²) >= 11 is 6.25. The van der Waals surface area contributed by atoms with Crippen molar-refractivity contribution in [2.45, 2.75) is 63.7 Å². The lowest BCUT2D eigenvalue weighted by atomic mass is 9.72. The number of aromatic amines is 1. The van der Waals surface area contributed by atoms with Crippen molar-refractivity contribution in [1.82, 2.24) is 19.6 Å². The van der Waals surface area contributed by atoms with Crippen LogP contribution in [-0.4, -0.2) is 87.1 Å². The number of nitro benzene ring substituents is 1. The second-order valence-corrected chi connectivity index (χ2v) is 20.3. The third kappa shape index (κ3) is 10.7. The van der Waals surface area contributed by atoms with Gasteiger partial charge in [-0.15, -0.1) is 0 Å². The molecule has 1 amide bonds. The highest BCUT2D eigenvalue weighted by Gasteiger charge is 2.31. The molecule has 16 heteroatoms. The third-order valence-corrected chi connectivity index (χ3v) is 14.6. The molecule has 0 spiro atoms. The fraction of sp³-hybridized carbons (Fsp3) is 0.417. The van der Waals surface area contributed by atoms with Gasteiger partial charge in [0.1, 0.15) is 22.8 Å². The molecule has 0 radical (unpaired) electrons. The molecule has 2 fully saturated rings. The molecule has 0 atom stereocenters. The van der Waals surface area contributed by atoms with Crippen LogP contribution < -0.4 is 19.7 Å². The van der Waals surface area contributed by atoms with Crippen LogP contribution in [0.5, 0.6) is 11.5 Å². The van der Waals surface area contributed by atoms with Crippen LogP contribution in [0.2, 0.25) is 5.02 Å². The number of piperazine rings is 1. The van der Waals surface area contributed by atoms with E-state index in [9.17, 15) is 23.3 Å². The first-order valence-corrected chi connectivity index (χ1v) is 23.9. The number of allylic oxidation sites excluding steroid dienone is 1. The Morgan fingerprint density at radius 1 is 0.984 bits per heavy atom. The van der Waals surface area contributed by atoms with Gasteiger partial charge >= 0.3 is 0 Å². The second kappa shape index (κ2) is 19.3. The maximum absolute atomic E-state index is 14.0. The van der Waals surface area contributed by atoms with Crippen molar-refractivity contribution in [1.29, 1.82) is 0 Å². The average molecular weight is 911 g/mol. The molecule has 3 N–H and O–H groups in total. The van der Waals surface area contributed by atoms with Crippen molar-refractivity contribution in [3.05, 3.63) is 117 Å². The van der Waals surface area contributed by atoms with E-state index in [1.54, 1.807) is 37.6 Å². The molecular formula is C48H56ClN7O7S. The smallest absolute Gasteiger partial charge is 0.293 e. The van der Waals surface area contributed by atoms with E-state index in [1.807, 2.05) is 18.2 Å². The van der Waals surface area contributed by atoms with Crippen LogP contribution in [0.3, 0.4) is 0 Å². The minimum atomic E-state index is -4.56. The molecule has 2 aliphatic carbocycles. The first-order chi connectivity index (χ1) is 30.7. The Bertz CT molecular complexity index is 2630. The number of aromatic nitrogens is 2. The molecule has 64 heavy (non-hydrogen) atoms. The molecule has 0 unspecified atom stereocenters. The van der Waals surface area contributed by atoms with Gasteiger partial charge < -0.3 is 24.7 Å². The monoisotopic (exact) mass is 909 g/mol. The van der Waals surface area contributed by atoms with Crippen molar-refractivity contribution >= 4 is 61.2 Å². The lowest BCUT2D eigenvalue weighted by Crippen LogP contribution is -2.47. The zero-order chi connectivity index (χ0) is 45.0. The Labute approximate surface area is 379 Å².